The minimum atomic E-state index is -0.561. The van der Waals surface area contributed by atoms with Crippen LogP contribution in [0.1, 0.15) is 73.1 Å². The first-order chi connectivity index (χ1) is 10.2. The summed E-state index contributed by atoms with van der Waals surface area (Å²) in [7, 11) is 0. The summed E-state index contributed by atoms with van der Waals surface area (Å²) in [6.07, 6.45) is 9.44. The van der Waals surface area contributed by atoms with Gasteiger partial charge in [0, 0.05) is 6.42 Å². The molecule has 1 fully saturated rings. The van der Waals surface area contributed by atoms with Gasteiger partial charge in [0.1, 0.15) is 0 Å². The zero-order chi connectivity index (χ0) is 16.5. The van der Waals surface area contributed by atoms with Crippen LogP contribution in [0.5, 0.6) is 0 Å². The molecule has 0 bridgehead atoms. The van der Waals surface area contributed by atoms with Crippen molar-refractivity contribution in [3.8, 4) is 0 Å². The molecular weight excluding hydrogens is 272 g/mol. The Balaban J connectivity index is 2.37. The fourth-order valence-corrected chi connectivity index (χ4v) is 4.50. The maximum atomic E-state index is 12.0. The molecule has 2 aliphatic rings. The van der Waals surface area contributed by atoms with Gasteiger partial charge in [-0.25, -0.2) is 0 Å². The van der Waals surface area contributed by atoms with E-state index in [4.69, 9.17) is 0 Å². The highest BCUT2D eigenvalue weighted by molar-refractivity contribution is 5.91. The first-order valence-electron chi connectivity index (χ1n) is 8.75. The van der Waals surface area contributed by atoms with Crippen LogP contribution in [0.2, 0.25) is 0 Å². The molecular formula is C20H32O2. The molecule has 0 heterocycles. The maximum absolute atomic E-state index is 12.0. The second kappa shape index (κ2) is 6.31. The van der Waals surface area contributed by atoms with E-state index in [1.807, 2.05) is 6.08 Å². The van der Waals surface area contributed by atoms with Crippen LogP contribution in [0.4, 0.5) is 0 Å². The van der Waals surface area contributed by atoms with Gasteiger partial charge in [0.25, 0.3) is 0 Å². The minimum Gasteiger partial charge on any atom is -0.389 e. The van der Waals surface area contributed by atoms with Gasteiger partial charge in [0.05, 0.1) is 5.60 Å². The number of allylic oxidation sites excluding steroid dienone is 4. The third-order valence-electron chi connectivity index (χ3n) is 6.15. The summed E-state index contributed by atoms with van der Waals surface area (Å²) in [5.41, 5.74) is 1.90. The number of ketones is 1. The van der Waals surface area contributed by atoms with Crippen molar-refractivity contribution in [1.29, 1.82) is 0 Å². The summed E-state index contributed by atoms with van der Waals surface area (Å²) >= 11 is 0. The van der Waals surface area contributed by atoms with Gasteiger partial charge >= 0.3 is 0 Å². The van der Waals surface area contributed by atoms with Crippen LogP contribution in [0.3, 0.4) is 0 Å². The van der Waals surface area contributed by atoms with Crippen LogP contribution < -0.4 is 0 Å². The molecule has 0 radical (unpaired) electrons. The first-order valence-corrected chi connectivity index (χ1v) is 8.75. The van der Waals surface area contributed by atoms with Crippen LogP contribution in [0, 0.1) is 17.3 Å². The van der Waals surface area contributed by atoms with Gasteiger partial charge < -0.3 is 5.11 Å². The van der Waals surface area contributed by atoms with Crippen LogP contribution in [0.15, 0.2) is 23.3 Å². The zero-order valence-electron chi connectivity index (χ0n) is 14.9. The molecule has 1 saturated carbocycles. The molecule has 124 valence electrons. The number of carbonyl (C=O) groups excluding carboxylic acids is 1. The molecule has 2 nitrogen and oxygen atoms in total. The Bertz CT molecular complexity index is 500. The van der Waals surface area contributed by atoms with Gasteiger partial charge in [-0.15, -0.1) is 0 Å². The summed E-state index contributed by atoms with van der Waals surface area (Å²) in [6, 6.07) is 0. The third-order valence-corrected chi connectivity index (χ3v) is 6.15. The van der Waals surface area contributed by atoms with Crippen LogP contribution >= 0.6 is 0 Å². The molecule has 0 aliphatic heterocycles. The van der Waals surface area contributed by atoms with E-state index in [2.05, 4.69) is 40.7 Å². The number of carbonyl (C=O) groups is 1. The van der Waals surface area contributed by atoms with E-state index in [1.54, 1.807) is 0 Å². The molecule has 0 spiro atoms. The number of rotatable bonds is 1. The Morgan fingerprint density at radius 1 is 1.23 bits per heavy atom. The lowest BCUT2D eigenvalue weighted by atomic mass is 9.67. The Labute approximate surface area is 135 Å². The van der Waals surface area contributed by atoms with Gasteiger partial charge in [-0.1, -0.05) is 38.0 Å². The lowest BCUT2D eigenvalue weighted by Crippen LogP contribution is -2.43. The smallest absolute Gasteiger partial charge is 0.159 e. The molecule has 0 aromatic carbocycles. The Hall–Kier alpha value is -0.890. The molecule has 0 saturated heterocycles. The minimum absolute atomic E-state index is 0.147. The van der Waals surface area contributed by atoms with Crippen molar-refractivity contribution in [2.45, 2.75) is 78.7 Å². The van der Waals surface area contributed by atoms with E-state index in [-0.39, 0.29) is 17.1 Å². The predicted molar refractivity (Wildman–Crippen MR) is 91.6 cm³/mol. The summed E-state index contributed by atoms with van der Waals surface area (Å²) in [5, 5.41) is 11.3. The highest BCUT2D eigenvalue weighted by atomic mass is 16.3. The second-order valence-corrected chi connectivity index (χ2v) is 8.28. The van der Waals surface area contributed by atoms with Crippen molar-refractivity contribution >= 4 is 5.78 Å². The van der Waals surface area contributed by atoms with Crippen molar-refractivity contribution in [1.82, 2.24) is 0 Å². The number of hydrogen-bond acceptors (Lipinski definition) is 2. The maximum Gasteiger partial charge on any atom is 0.159 e. The highest BCUT2D eigenvalue weighted by Gasteiger charge is 2.54. The van der Waals surface area contributed by atoms with Crippen LogP contribution in [0.25, 0.3) is 0 Å². The molecule has 0 unspecified atom stereocenters. The normalized spacial score (nSPS) is 42.1. The van der Waals surface area contributed by atoms with Crippen molar-refractivity contribution in [2.75, 3.05) is 0 Å². The number of aliphatic hydroxyl groups is 1. The highest BCUT2D eigenvalue weighted by Crippen LogP contribution is 2.56. The fraction of sp³-hybridized carbons (Fsp3) is 0.750. The van der Waals surface area contributed by atoms with Gasteiger partial charge in [-0.2, -0.15) is 0 Å². The van der Waals surface area contributed by atoms with Crippen LogP contribution in [-0.4, -0.2) is 16.5 Å². The van der Waals surface area contributed by atoms with E-state index in [0.29, 0.717) is 12.3 Å². The van der Waals surface area contributed by atoms with Gasteiger partial charge in [0.15, 0.2) is 5.78 Å². The number of hydrogen-bond donors (Lipinski definition) is 1. The molecule has 22 heavy (non-hydrogen) atoms. The van der Waals surface area contributed by atoms with E-state index >= 15 is 0 Å². The first kappa shape index (κ1) is 17.5. The third kappa shape index (κ3) is 3.37. The monoisotopic (exact) mass is 304 g/mol. The van der Waals surface area contributed by atoms with E-state index < -0.39 is 5.60 Å². The average molecular weight is 304 g/mol. The Morgan fingerprint density at radius 2 is 1.91 bits per heavy atom. The summed E-state index contributed by atoms with van der Waals surface area (Å²) in [6.45, 7) is 10.7. The fourth-order valence-electron chi connectivity index (χ4n) is 4.50. The second-order valence-electron chi connectivity index (χ2n) is 8.28. The van der Waals surface area contributed by atoms with E-state index in [0.717, 1.165) is 43.3 Å². The standard InChI is InChI=1S/C20H32O2/c1-14(2)20(22)11-10-19(5)9-8-16(4)13-17(21)12-15(3)6-7-18(19)20/h8,12,14,18,22H,6-7,9-11,13H2,1-5H3/b15-12-,16-8+/t18-,19+,20-/m0/s1. The van der Waals surface area contributed by atoms with Crippen molar-refractivity contribution in [2.24, 2.45) is 17.3 Å². The predicted octanol–water partition coefficient (Wildman–Crippen LogP) is 4.83. The van der Waals surface area contributed by atoms with Crippen molar-refractivity contribution < 1.29 is 9.90 Å². The SMILES string of the molecule is C/C1=C/C(=O)C/C(C)=C/C[C@]2(C)CC[C@](O)(C(C)C)[C@H]2CC1. The zero-order valence-corrected chi connectivity index (χ0v) is 14.9. The van der Waals surface area contributed by atoms with Crippen LogP contribution in [-0.2, 0) is 4.79 Å². The lowest BCUT2D eigenvalue weighted by molar-refractivity contribution is -0.114. The van der Waals surface area contributed by atoms with Crippen molar-refractivity contribution in [3.63, 3.8) is 0 Å². The Morgan fingerprint density at radius 3 is 2.55 bits per heavy atom. The van der Waals surface area contributed by atoms with E-state index in [9.17, 15) is 9.90 Å². The Kier molecular flexibility index (Phi) is 5.01. The van der Waals surface area contributed by atoms with Crippen molar-refractivity contribution in [3.05, 3.63) is 23.3 Å². The topological polar surface area (TPSA) is 37.3 Å². The molecule has 2 heteroatoms. The summed E-state index contributed by atoms with van der Waals surface area (Å²) in [4.78, 5) is 12.0. The molecule has 1 N–H and O–H groups in total. The molecule has 3 atom stereocenters. The molecule has 0 aromatic heterocycles. The number of fused-ring (bicyclic) bond motifs is 1. The average Bonchev–Trinajstić information content (AvgIpc) is 2.67. The lowest BCUT2D eigenvalue weighted by Gasteiger charge is -2.41. The molecule has 2 rings (SSSR count). The van der Waals surface area contributed by atoms with Gasteiger partial charge in [0.2, 0.25) is 0 Å². The quantitative estimate of drug-likeness (QED) is 0.705. The molecule has 0 amide bonds. The summed E-state index contributed by atoms with van der Waals surface area (Å²) in [5.74, 6) is 0.795. The van der Waals surface area contributed by atoms with Gasteiger partial charge in [-0.3, -0.25) is 4.79 Å². The largest absolute Gasteiger partial charge is 0.389 e. The van der Waals surface area contributed by atoms with E-state index in [1.165, 1.54) is 0 Å². The molecule has 2 aliphatic carbocycles. The summed E-state index contributed by atoms with van der Waals surface area (Å²) < 4.78 is 0. The molecule has 0 aromatic rings. The van der Waals surface area contributed by atoms with Gasteiger partial charge in [-0.05, 0) is 69.3 Å².